The van der Waals surface area contributed by atoms with Gasteiger partial charge >= 0.3 is 0 Å². The molecule has 0 atom stereocenters. The number of benzene rings is 2. The molecule has 0 aliphatic rings. The Bertz CT molecular complexity index is 996. The van der Waals surface area contributed by atoms with Crippen molar-refractivity contribution in [1.29, 1.82) is 0 Å². The largest absolute Gasteiger partial charge is 0.494 e. The Morgan fingerprint density at radius 2 is 1.57 bits per heavy atom. The molecule has 0 fully saturated rings. The van der Waals surface area contributed by atoms with E-state index in [1.54, 1.807) is 0 Å². The van der Waals surface area contributed by atoms with Gasteiger partial charge in [-0.15, -0.1) is 0 Å². The van der Waals surface area contributed by atoms with Crippen LogP contribution in [0.5, 0.6) is 23.0 Å². The summed E-state index contributed by atoms with van der Waals surface area (Å²) < 4.78 is 45.4. The molecule has 2 aromatic carbocycles. The van der Waals surface area contributed by atoms with Gasteiger partial charge in [-0.1, -0.05) is 23.2 Å². The van der Waals surface area contributed by atoms with E-state index in [0.29, 0.717) is 11.3 Å². The number of nitrogens with one attached hydrogen (secondary N) is 1. The van der Waals surface area contributed by atoms with Crippen molar-refractivity contribution in [3.63, 3.8) is 0 Å². The lowest BCUT2D eigenvalue weighted by atomic mass is 10.2. The van der Waals surface area contributed by atoms with Gasteiger partial charge in [0.15, 0.2) is 17.2 Å². The summed E-state index contributed by atoms with van der Waals surface area (Å²) in [5, 5.41) is 4.12. The maximum atomic E-state index is 12.5. The number of sulfonamides is 1. The first-order chi connectivity index (χ1) is 13.3. The molecule has 0 aliphatic carbocycles. The second-order valence-corrected chi connectivity index (χ2v) is 7.64. The van der Waals surface area contributed by atoms with E-state index < -0.39 is 10.0 Å². The van der Waals surface area contributed by atoms with Crippen molar-refractivity contribution in [1.82, 2.24) is 4.83 Å². The standard InChI is InChI=1S/C17H18Cl2N2O6S/c1-24-13-6-5-11(8-14(13)25-2)28(22,23)21-20-9-10-7-12(18)17(27-4)15(19)16(10)26-3/h5-9,21H,1-4H3/b20-9+. The molecule has 0 saturated carbocycles. The Morgan fingerprint density at radius 3 is 2.14 bits per heavy atom. The molecular formula is C17H18Cl2N2O6S. The molecule has 0 unspecified atom stereocenters. The van der Waals surface area contributed by atoms with Crippen LogP contribution < -0.4 is 23.8 Å². The second kappa shape index (κ2) is 9.22. The van der Waals surface area contributed by atoms with Gasteiger partial charge in [-0.25, -0.2) is 4.83 Å². The summed E-state index contributed by atoms with van der Waals surface area (Å²) in [5.41, 5.74) is 0.355. The van der Waals surface area contributed by atoms with E-state index in [4.69, 9.17) is 42.1 Å². The zero-order valence-electron chi connectivity index (χ0n) is 15.4. The highest BCUT2D eigenvalue weighted by atomic mass is 35.5. The summed E-state index contributed by atoms with van der Waals surface area (Å²) in [6.07, 6.45) is 1.22. The minimum Gasteiger partial charge on any atom is -0.494 e. The minimum absolute atomic E-state index is 0.0555. The van der Waals surface area contributed by atoms with Gasteiger partial charge in [0.25, 0.3) is 10.0 Å². The number of hydrogen-bond donors (Lipinski definition) is 1. The highest BCUT2D eigenvalue weighted by Crippen LogP contribution is 2.41. The lowest BCUT2D eigenvalue weighted by Gasteiger charge is -2.12. The van der Waals surface area contributed by atoms with E-state index in [9.17, 15) is 8.42 Å². The van der Waals surface area contributed by atoms with Crippen LogP contribution in [0.15, 0.2) is 34.3 Å². The van der Waals surface area contributed by atoms with Gasteiger partial charge in [0.05, 0.1) is 44.6 Å². The van der Waals surface area contributed by atoms with Crippen LogP contribution in [0.4, 0.5) is 0 Å². The van der Waals surface area contributed by atoms with Crippen LogP contribution in [0.25, 0.3) is 0 Å². The number of halogens is 2. The lowest BCUT2D eigenvalue weighted by molar-refractivity contribution is 0.354. The molecule has 0 amide bonds. The van der Waals surface area contributed by atoms with Crippen molar-refractivity contribution in [3.05, 3.63) is 39.9 Å². The molecule has 0 radical (unpaired) electrons. The third-order valence-corrected chi connectivity index (χ3v) is 5.45. The van der Waals surface area contributed by atoms with E-state index in [0.717, 1.165) is 0 Å². The maximum absolute atomic E-state index is 12.5. The van der Waals surface area contributed by atoms with E-state index in [1.807, 2.05) is 0 Å². The number of ether oxygens (including phenoxy) is 4. The lowest BCUT2D eigenvalue weighted by Crippen LogP contribution is -2.18. The number of methoxy groups -OCH3 is 4. The summed E-state index contributed by atoms with van der Waals surface area (Å²) in [5.74, 6) is 1.14. The van der Waals surface area contributed by atoms with Crippen molar-refractivity contribution in [2.45, 2.75) is 4.90 Å². The summed E-state index contributed by atoms with van der Waals surface area (Å²) >= 11 is 12.3. The number of hydrogen-bond acceptors (Lipinski definition) is 7. The average molecular weight is 449 g/mol. The number of hydrazone groups is 1. The monoisotopic (exact) mass is 448 g/mol. The number of rotatable bonds is 8. The van der Waals surface area contributed by atoms with Crippen molar-refractivity contribution in [2.75, 3.05) is 28.4 Å². The number of nitrogens with zero attached hydrogens (tertiary/aromatic N) is 1. The highest BCUT2D eigenvalue weighted by molar-refractivity contribution is 7.89. The third-order valence-electron chi connectivity index (χ3n) is 3.61. The molecule has 0 saturated heterocycles. The van der Waals surface area contributed by atoms with Crippen LogP contribution in [0.3, 0.4) is 0 Å². The Hall–Kier alpha value is -2.36. The smallest absolute Gasteiger partial charge is 0.276 e. The molecule has 11 heteroatoms. The second-order valence-electron chi connectivity index (χ2n) is 5.20. The molecule has 0 heterocycles. The summed E-state index contributed by atoms with van der Waals surface area (Å²) in [6, 6.07) is 5.64. The Morgan fingerprint density at radius 1 is 0.929 bits per heavy atom. The SMILES string of the molecule is COc1ccc(S(=O)(=O)N/N=C/c2cc(Cl)c(OC)c(Cl)c2OC)cc1OC. The fraction of sp³-hybridized carbons (Fsp3) is 0.235. The fourth-order valence-corrected chi connectivity index (χ4v) is 3.80. The predicted octanol–water partition coefficient (Wildman–Crippen LogP) is 3.34. The molecule has 152 valence electrons. The normalized spacial score (nSPS) is 11.4. The van der Waals surface area contributed by atoms with Gasteiger partial charge in [-0.2, -0.15) is 13.5 Å². The van der Waals surface area contributed by atoms with Gasteiger partial charge in [-0.3, -0.25) is 0 Å². The van der Waals surface area contributed by atoms with Crippen LogP contribution in [0, 0.1) is 0 Å². The molecule has 28 heavy (non-hydrogen) atoms. The van der Waals surface area contributed by atoms with Crippen molar-refractivity contribution in [2.24, 2.45) is 5.10 Å². The zero-order chi connectivity index (χ0) is 20.9. The molecule has 2 rings (SSSR count). The van der Waals surface area contributed by atoms with Crippen molar-refractivity contribution < 1.29 is 27.4 Å². The Labute approximate surface area is 173 Å². The fourth-order valence-electron chi connectivity index (χ4n) is 2.29. The third kappa shape index (κ3) is 4.54. The predicted molar refractivity (Wildman–Crippen MR) is 107 cm³/mol. The highest BCUT2D eigenvalue weighted by Gasteiger charge is 2.18. The molecule has 0 spiro atoms. The van der Waals surface area contributed by atoms with Crippen LogP contribution in [-0.2, 0) is 10.0 Å². The first-order valence-corrected chi connectivity index (χ1v) is 9.89. The molecule has 0 aliphatic heterocycles. The van der Waals surface area contributed by atoms with Gasteiger partial charge in [0, 0.05) is 11.6 Å². The average Bonchev–Trinajstić information content (AvgIpc) is 2.67. The Balaban J connectivity index is 2.32. The van der Waals surface area contributed by atoms with Crippen LogP contribution in [0.2, 0.25) is 10.0 Å². The summed E-state index contributed by atoms with van der Waals surface area (Å²) in [6.45, 7) is 0. The van der Waals surface area contributed by atoms with Crippen LogP contribution >= 0.6 is 23.2 Å². The summed E-state index contributed by atoms with van der Waals surface area (Å²) in [7, 11) is 1.72. The van der Waals surface area contributed by atoms with Gasteiger partial charge in [-0.05, 0) is 18.2 Å². The van der Waals surface area contributed by atoms with Crippen LogP contribution in [0.1, 0.15) is 5.56 Å². The molecule has 8 nitrogen and oxygen atoms in total. The molecule has 0 aromatic heterocycles. The Kier molecular flexibility index (Phi) is 7.22. The molecule has 1 N–H and O–H groups in total. The van der Waals surface area contributed by atoms with Gasteiger partial charge < -0.3 is 18.9 Å². The summed E-state index contributed by atoms with van der Waals surface area (Å²) in [4.78, 5) is 2.05. The van der Waals surface area contributed by atoms with E-state index in [1.165, 1.54) is 58.9 Å². The molecule has 2 aromatic rings. The van der Waals surface area contributed by atoms with E-state index in [2.05, 4.69) is 9.93 Å². The van der Waals surface area contributed by atoms with Crippen molar-refractivity contribution >= 4 is 39.4 Å². The topological polar surface area (TPSA) is 95.5 Å². The zero-order valence-corrected chi connectivity index (χ0v) is 17.8. The van der Waals surface area contributed by atoms with E-state index >= 15 is 0 Å². The first kappa shape index (κ1) is 21.9. The van der Waals surface area contributed by atoms with Crippen molar-refractivity contribution in [3.8, 4) is 23.0 Å². The quantitative estimate of drug-likeness (QED) is 0.491. The van der Waals surface area contributed by atoms with E-state index in [-0.39, 0.29) is 32.2 Å². The first-order valence-electron chi connectivity index (χ1n) is 7.65. The molecular weight excluding hydrogens is 431 g/mol. The van der Waals surface area contributed by atoms with Crippen LogP contribution in [-0.4, -0.2) is 43.1 Å². The van der Waals surface area contributed by atoms with Gasteiger partial charge in [0.2, 0.25) is 0 Å². The minimum atomic E-state index is -3.96. The molecule has 0 bridgehead atoms. The van der Waals surface area contributed by atoms with Gasteiger partial charge in [0.1, 0.15) is 10.8 Å². The maximum Gasteiger partial charge on any atom is 0.276 e.